The van der Waals surface area contributed by atoms with E-state index < -0.39 is 29.7 Å². The van der Waals surface area contributed by atoms with Crippen molar-refractivity contribution in [1.82, 2.24) is 4.90 Å². The number of carbonyl (C=O) groups is 2. The van der Waals surface area contributed by atoms with E-state index in [0.717, 1.165) is 6.07 Å². The van der Waals surface area contributed by atoms with E-state index in [9.17, 15) is 22.8 Å². The Morgan fingerprint density at radius 2 is 2.04 bits per heavy atom. The lowest BCUT2D eigenvalue weighted by Crippen LogP contribution is -2.47. The first kappa shape index (κ1) is 19.6. The molecule has 2 atom stereocenters. The topological polar surface area (TPSA) is 57.6 Å². The van der Waals surface area contributed by atoms with Crippen LogP contribution in [0.4, 0.5) is 13.2 Å². The first-order valence-corrected chi connectivity index (χ1v) is 9.10. The first-order valence-electron chi connectivity index (χ1n) is 7.95. The molecule has 8 heteroatoms. The summed E-state index contributed by atoms with van der Waals surface area (Å²) < 4.78 is 39.4. The van der Waals surface area contributed by atoms with Gasteiger partial charge in [-0.3, -0.25) is 9.59 Å². The van der Waals surface area contributed by atoms with Gasteiger partial charge in [0.2, 0.25) is 5.91 Å². The third kappa shape index (κ3) is 5.14. The van der Waals surface area contributed by atoms with Gasteiger partial charge in [0.05, 0.1) is 18.0 Å². The first-order chi connectivity index (χ1) is 11.7. The Kier molecular flexibility index (Phi) is 6.37. The van der Waals surface area contributed by atoms with Crippen LogP contribution in [0, 0.1) is 0 Å². The average Bonchev–Trinajstić information content (AvgIpc) is 2.54. The number of thioether (sulfide) groups is 1. The Balaban J connectivity index is 2.13. The molecule has 1 aliphatic rings. The van der Waals surface area contributed by atoms with Crippen molar-refractivity contribution < 1.29 is 27.9 Å². The molecular weight excluding hydrogens is 355 g/mol. The van der Waals surface area contributed by atoms with E-state index in [1.807, 2.05) is 0 Å². The van der Waals surface area contributed by atoms with E-state index in [4.69, 9.17) is 5.11 Å². The number of nitrogens with zero attached hydrogens (tertiary/aromatic N) is 1. The Morgan fingerprint density at radius 3 is 2.68 bits per heavy atom. The largest absolute Gasteiger partial charge is 0.481 e. The van der Waals surface area contributed by atoms with Crippen molar-refractivity contribution in [3.05, 3.63) is 35.4 Å². The maximum atomic E-state index is 13.1. The van der Waals surface area contributed by atoms with Crippen LogP contribution in [0.3, 0.4) is 0 Å². The van der Waals surface area contributed by atoms with E-state index in [2.05, 4.69) is 0 Å². The van der Waals surface area contributed by atoms with E-state index in [1.165, 1.54) is 23.1 Å². The highest BCUT2D eigenvalue weighted by Gasteiger charge is 2.35. The van der Waals surface area contributed by atoms with E-state index in [-0.39, 0.29) is 24.3 Å². The molecule has 0 saturated carbocycles. The zero-order chi connectivity index (χ0) is 18.6. The molecule has 1 aromatic carbocycles. The minimum atomic E-state index is -4.47. The summed E-state index contributed by atoms with van der Waals surface area (Å²) in [4.78, 5) is 25.1. The van der Waals surface area contributed by atoms with Gasteiger partial charge in [0.1, 0.15) is 0 Å². The minimum Gasteiger partial charge on any atom is -0.481 e. The second-order valence-electron chi connectivity index (χ2n) is 6.10. The van der Waals surface area contributed by atoms with Gasteiger partial charge < -0.3 is 10.0 Å². The quantitative estimate of drug-likeness (QED) is 0.854. The summed E-state index contributed by atoms with van der Waals surface area (Å²) in [5, 5.41) is 8.98. The second-order valence-corrected chi connectivity index (χ2v) is 7.25. The van der Waals surface area contributed by atoms with Crippen molar-refractivity contribution in [3.8, 4) is 0 Å². The summed E-state index contributed by atoms with van der Waals surface area (Å²) in [6.45, 7) is 2.02. The van der Waals surface area contributed by atoms with Crippen molar-refractivity contribution in [2.75, 3.05) is 18.1 Å². The molecule has 0 radical (unpaired) electrons. The van der Waals surface area contributed by atoms with Gasteiger partial charge >= 0.3 is 12.1 Å². The van der Waals surface area contributed by atoms with Gasteiger partial charge in [0, 0.05) is 24.5 Å². The number of rotatable bonds is 5. The summed E-state index contributed by atoms with van der Waals surface area (Å²) in [5.74, 6) is -0.650. The lowest BCUT2D eigenvalue weighted by molar-refractivity contribution is -0.141. The van der Waals surface area contributed by atoms with Gasteiger partial charge in [-0.05, 0) is 17.5 Å². The van der Waals surface area contributed by atoms with Crippen LogP contribution >= 0.6 is 11.8 Å². The molecule has 1 aromatic rings. The second kappa shape index (κ2) is 8.12. The van der Waals surface area contributed by atoms with Crippen LogP contribution < -0.4 is 0 Å². The molecule has 0 spiro atoms. The number of carboxylic acid groups (broad SMARTS) is 1. The number of alkyl halides is 3. The van der Waals surface area contributed by atoms with Gasteiger partial charge in [0.25, 0.3) is 0 Å². The number of carbonyl (C=O) groups excluding carboxylic acids is 1. The number of aliphatic carboxylic acids is 1. The number of hydrogen-bond acceptors (Lipinski definition) is 3. The molecule has 1 amide bonds. The fraction of sp³-hybridized carbons (Fsp3) is 0.529. The Bertz CT molecular complexity index is 636. The van der Waals surface area contributed by atoms with Gasteiger partial charge in [-0.2, -0.15) is 24.9 Å². The number of amides is 1. The minimum absolute atomic E-state index is 0.0755. The molecular formula is C17H20F3NO3S. The molecule has 1 N–H and O–H groups in total. The number of hydrogen-bond donors (Lipinski definition) is 1. The lowest BCUT2D eigenvalue weighted by Gasteiger charge is -2.35. The van der Waals surface area contributed by atoms with E-state index >= 15 is 0 Å². The van der Waals surface area contributed by atoms with E-state index in [1.54, 1.807) is 18.7 Å². The molecule has 0 bridgehead atoms. The standard InChI is InChI=1S/C17H20F3NO3S/c1-11(13-4-2-3-5-14(13)17(18,19)20)8-15(22)21-6-7-25-10-12(21)9-16(23)24/h2-5,11-12H,6-10H2,1H3,(H,23,24). The molecule has 0 aliphatic carbocycles. The molecule has 1 fully saturated rings. The number of halogens is 3. The monoisotopic (exact) mass is 375 g/mol. The average molecular weight is 375 g/mol. The molecule has 2 unspecified atom stereocenters. The highest BCUT2D eigenvalue weighted by atomic mass is 32.2. The van der Waals surface area contributed by atoms with Crippen molar-refractivity contribution in [2.24, 2.45) is 0 Å². The number of benzene rings is 1. The highest BCUT2D eigenvalue weighted by molar-refractivity contribution is 7.99. The summed E-state index contributed by atoms with van der Waals surface area (Å²) >= 11 is 1.58. The number of carboxylic acids is 1. The van der Waals surface area contributed by atoms with Crippen LogP contribution in [0.2, 0.25) is 0 Å². The van der Waals surface area contributed by atoms with Crippen LogP contribution in [0.5, 0.6) is 0 Å². The SMILES string of the molecule is CC(CC(=O)N1CCSCC1CC(=O)O)c1ccccc1C(F)(F)F. The van der Waals surface area contributed by atoms with Crippen LogP contribution in [0.25, 0.3) is 0 Å². The van der Waals surface area contributed by atoms with Gasteiger partial charge in [-0.15, -0.1) is 0 Å². The fourth-order valence-corrected chi connectivity index (χ4v) is 4.09. The summed E-state index contributed by atoms with van der Waals surface area (Å²) in [7, 11) is 0. The Hall–Kier alpha value is -1.70. The van der Waals surface area contributed by atoms with Crippen molar-refractivity contribution in [3.63, 3.8) is 0 Å². The molecule has 1 aliphatic heterocycles. The van der Waals surface area contributed by atoms with Crippen molar-refractivity contribution in [1.29, 1.82) is 0 Å². The van der Waals surface area contributed by atoms with Gasteiger partial charge in [0.15, 0.2) is 0 Å². The predicted molar refractivity (Wildman–Crippen MR) is 89.6 cm³/mol. The molecule has 0 aromatic heterocycles. The maximum absolute atomic E-state index is 13.1. The van der Waals surface area contributed by atoms with Gasteiger partial charge in [-0.25, -0.2) is 0 Å². The van der Waals surface area contributed by atoms with Crippen LogP contribution in [0.1, 0.15) is 36.8 Å². The Morgan fingerprint density at radius 1 is 1.36 bits per heavy atom. The van der Waals surface area contributed by atoms with Crippen LogP contribution in [-0.4, -0.2) is 46.0 Å². The van der Waals surface area contributed by atoms with Gasteiger partial charge in [-0.1, -0.05) is 25.1 Å². The highest BCUT2D eigenvalue weighted by Crippen LogP contribution is 2.36. The zero-order valence-corrected chi connectivity index (χ0v) is 14.6. The smallest absolute Gasteiger partial charge is 0.416 e. The molecule has 1 saturated heterocycles. The van der Waals surface area contributed by atoms with Crippen molar-refractivity contribution >= 4 is 23.6 Å². The van der Waals surface area contributed by atoms with E-state index in [0.29, 0.717) is 18.1 Å². The Labute approximate surface area is 148 Å². The third-order valence-corrected chi connectivity index (χ3v) is 5.33. The molecule has 4 nitrogen and oxygen atoms in total. The van der Waals surface area contributed by atoms with Crippen LogP contribution in [0.15, 0.2) is 24.3 Å². The normalized spacial score (nSPS) is 19.5. The summed E-state index contributed by atoms with van der Waals surface area (Å²) in [6.07, 6.45) is -4.69. The molecule has 138 valence electrons. The fourth-order valence-electron chi connectivity index (χ4n) is 3.03. The zero-order valence-electron chi connectivity index (χ0n) is 13.8. The predicted octanol–water partition coefficient (Wildman–Crippen LogP) is 3.62. The van der Waals surface area contributed by atoms with Crippen molar-refractivity contribution in [2.45, 2.75) is 37.9 Å². The van der Waals surface area contributed by atoms with Crippen LogP contribution in [-0.2, 0) is 15.8 Å². The molecule has 2 rings (SSSR count). The third-order valence-electron chi connectivity index (χ3n) is 4.24. The summed E-state index contributed by atoms with van der Waals surface area (Å²) in [5.41, 5.74) is -0.642. The maximum Gasteiger partial charge on any atom is 0.416 e. The molecule has 1 heterocycles. The molecule has 25 heavy (non-hydrogen) atoms. The summed E-state index contributed by atoms with van der Waals surface area (Å²) in [6, 6.07) is 4.85. The lowest BCUT2D eigenvalue weighted by atomic mass is 9.92.